The number of rotatable bonds is 1. The summed E-state index contributed by atoms with van der Waals surface area (Å²) in [6, 6.07) is 5.31. The van der Waals surface area contributed by atoms with Gasteiger partial charge >= 0.3 is 0 Å². The third-order valence-corrected chi connectivity index (χ3v) is 4.37. The molecule has 1 aromatic carbocycles. The zero-order valence-electron chi connectivity index (χ0n) is 13.6. The molecular weight excluding hydrogens is 304 g/mol. The normalized spacial score (nSPS) is 20.5. The smallest absolute Gasteiger partial charge is 0.273 e. The first-order valence-electron chi connectivity index (χ1n) is 7.71. The van der Waals surface area contributed by atoms with Crippen molar-refractivity contribution < 1.29 is 4.63 Å². The zero-order valence-corrected chi connectivity index (χ0v) is 13.6. The third kappa shape index (κ3) is 2.03. The predicted octanol–water partition coefficient (Wildman–Crippen LogP) is 3.50. The number of aliphatic imine (C=N–C) groups is 1. The van der Waals surface area contributed by atoms with Gasteiger partial charge in [0, 0.05) is 11.0 Å². The van der Waals surface area contributed by atoms with Crippen molar-refractivity contribution in [2.24, 2.45) is 10.4 Å². The average molecular weight is 320 g/mol. The first kappa shape index (κ1) is 14.6. The van der Waals surface area contributed by atoms with Crippen LogP contribution in [0.25, 0.3) is 15.9 Å². The van der Waals surface area contributed by atoms with E-state index in [0.717, 1.165) is 16.8 Å². The molecule has 2 atom stereocenters. The predicted molar refractivity (Wildman–Crippen MR) is 89.2 cm³/mol. The topological polar surface area (TPSA) is 84.3 Å². The van der Waals surface area contributed by atoms with Crippen molar-refractivity contribution in [1.29, 1.82) is 0 Å². The van der Waals surface area contributed by atoms with E-state index >= 15 is 0 Å². The Bertz CT molecular complexity index is 984. The summed E-state index contributed by atoms with van der Waals surface area (Å²) in [6.07, 6.45) is 1.74. The monoisotopic (exact) mass is 320 g/mol. The molecule has 3 aromatic rings. The number of hydrogen-bond donors (Lipinski definition) is 1. The van der Waals surface area contributed by atoms with Gasteiger partial charge in [0.1, 0.15) is 16.7 Å². The molecule has 1 aliphatic heterocycles. The number of H-pyrrole nitrogens is 1. The molecule has 120 valence electrons. The lowest BCUT2D eigenvalue weighted by atomic mass is 9.74. The van der Waals surface area contributed by atoms with Gasteiger partial charge in [-0.2, -0.15) is 5.10 Å². The number of benzene rings is 1. The van der Waals surface area contributed by atoms with Gasteiger partial charge in [-0.25, -0.2) is 16.2 Å². The lowest BCUT2D eigenvalue weighted by molar-refractivity contribution is 0.315. The SMILES string of the molecule is [C-]#[N+]C1C(C(C)(C)C)=Nc2[nH]ncc2C1c1cccc2nonc12. The average Bonchev–Trinajstić information content (AvgIpc) is 3.20. The lowest BCUT2D eigenvalue weighted by Gasteiger charge is -2.30. The summed E-state index contributed by atoms with van der Waals surface area (Å²) < 4.78 is 4.90. The van der Waals surface area contributed by atoms with Crippen LogP contribution in [-0.2, 0) is 0 Å². The van der Waals surface area contributed by atoms with E-state index in [1.807, 2.05) is 18.2 Å². The van der Waals surface area contributed by atoms with Crippen molar-refractivity contribution in [2.75, 3.05) is 0 Å². The lowest BCUT2D eigenvalue weighted by Crippen LogP contribution is -2.37. The maximum atomic E-state index is 7.81. The second kappa shape index (κ2) is 4.99. The Morgan fingerprint density at radius 3 is 2.79 bits per heavy atom. The first-order valence-corrected chi connectivity index (χ1v) is 7.71. The molecule has 0 saturated heterocycles. The highest BCUT2D eigenvalue weighted by Gasteiger charge is 2.45. The standard InChI is InChI=1S/C17H16N6O/c1-17(2,3)15-14(18-4)12(10-8-19-21-16(10)20-15)9-6-5-7-11-13(9)23-24-22-11/h5-8,12,14H,1-3H3,(H,19,21). The van der Waals surface area contributed by atoms with Crippen LogP contribution in [-0.4, -0.2) is 32.3 Å². The van der Waals surface area contributed by atoms with Crippen LogP contribution < -0.4 is 0 Å². The molecule has 2 aromatic heterocycles. The largest absolute Gasteiger partial charge is 0.306 e. The van der Waals surface area contributed by atoms with Crippen LogP contribution in [0.15, 0.2) is 34.0 Å². The molecule has 0 bridgehead atoms. The highest BCUT2D eigenvalue weighted by atomic mass is 16.6. The van der Waals surface area contributed by atoms with E-state index in [4.69, 9.17) is 16.2 Å². The van der Waals surface area contributed by atoms with Gasteiger partial charge < -0.3 is 4.85 Å². The van der Waals surface area contributed by atoms with Crippen LogP contribution in [0.4, 0.5) is 5.82 Å². The summed E-state index contributed by atoms with van der Waals surface area (Å²) in [5.74, 6) is 0.497. The number of aromatic nitrogens is 4. The minimum Gasteiger partial charge on any atom is -0.306 e. The Hall–Kier alpha value is -3.01. The van der Waals surface area contributed by atoms with E-state index in [9.17, 15) is 0 Å². The molecule has 3 heterocycles. The van der Waals surface area contributed by atoms with Gasteiger partial charge in [-0.05, 0) is 21.9 Å². The summed E-state index contributed by atoms with van der Waals surface area (Å²) in [4.78, 5) is 8.62. The maximum Gasteiger partial charge on any atom is 0.273 e. The summed E-state index contributed by atoms with van der Waals surface area (Å²) in [6.45, 7) is 14.0. The Morgan fingerprint density at radius 1 is 1.21 bits per heavy atom. The fraction of sp³-hybridized carbons (Fsp3) is 0.353. The van der Waals surface area contributed by atoms with Crippen LogP contribution in [0.1, 0.15) is 37.8 Å². The Labute approximate surface area is 138 Å². The molecule has 0 aliphatic carbocycles. The van der Waals surface area contributed by atoms with Gasteiger partial charge in [0.05, 0.1) is 12.1 Å². The number of nitrogens with zero attached hydrogens (tertiary/aromatic N) is 5. The summed E-state index contributed by atoms with van der Waals surface area (Å²) in [5, 5.41) is 15.1. The molecule has 0 fully saturated rings. The van der Waals surface area contributed by atoms with Crippen LogP contribution in [0.5, 0.6) is 0 Å². The van der Waals surface area contributed by atoms with Crippen molar-refractivity contribution in [1.82, 2.24) is 20.5 Å². The summed E-state index contributed by atoms with van der Waals surface area (Å²) >= 11 is 0. The molecule has 2 unspecified atom stereocenters. The van der Waals surface area contributed by atoms with Crippen molar-refractivity contribution in [3.8, 4) is 0 Å². The van der Waals surface area contributed by atoms with E-state index < -0.39 is 6.04 Å². The van der Waals surface area contributed by atoms with Crippen LogP contribution >= 0.6 is 0 Å². The minimum absolute atomic E-state index is 0.210. The minimum atomic E-state index is -0.419. The molecule has 1 N–H and O–H groups in total. The Balaban J connectivity index is 1.99. The first-order chi connectivity index (χ1) is 11.5. The Kier molecular flexibility index (Phi) is 3.03. The number of aromatic amines is 1. The van der Waals surface area contributed by atoms with Gasteiger partial charge in [-0.1, -0.05) is 32.9 Å². The van der Waals surface area contributed by atoms with Crippen molar-refractivity contribution in [2.45, 2.75) is 32.7 Å². The molecule has 0 saturated carbocycles. The molecule has 0 amide bonds. The maximum absolute atomic E-state index is 7.81. The van der Waals surface area contributed by atoms with E-state index in [-0.39, 0.29) is 11.3 Å². The summed E-state index contributed by atoms with van der Waals surface area (Å²) in [7, 11) is 0. The molecule has 24 heavy (non-hydrogen) atoms. The zero-order chi connectivity index (χ0) is 16.9. The number of fused-ring (bicyclic) bond motifs is 2. The number of hydrogen-bond acceptors (Lipinski definition) is 5. The number of nitrogens with one attached hydrogen (secondary N) is 1. The van der Waals surface area contributed by atoms with Gasteiger partial charge in [-0.15, -0.1) is 0 Å². The van der Waals surface area contributed by atoms with Gasteiger partial charge in [0.2, 0.25) is 0 Å². The highest BCUT2D eigenvalue weighted by molar-refractivity contribution is 6.00. The molecule has 7 heteroatoms. The van der Waals surface area contributed by atoms with E-state index in [0.29, 0.717) is 16.9 Å². The molecule has 0 spiro atoms. The summed E-state index contributed by atoms with van der Waals surface area (Å²) in [5.41, 5.74) is 3.78. The highest BCUT2D eigenvalue weighted by Crippen LogP contribution is 2.44. The van der Waals surface area contributed by atoms with Crippen molar-refractivity contribution in [3.63, 3.8) is 0 Å². The fourth-order valence-electron chi connectivity index (χ4n) is 3.28. The second-order valence-electron chi connectivity index (χ2n) is 6.95. The molecule has 4 rings (SSSR count). The molecular formula is C17H16N6O. The molecule has 7 nitrogen and oxygen atoms in total. The molecule has 0 radical (unpaired) electrons. The second-order valence-corrected chi connectivity index (χ2v) is 6.95. The van der Waals surface area contributed by atoms with Crippen LogP contribution in [0.3, 0.4) is 0 Å². The van der Waals surface area contributed by atoms with Gasteiger partial charge in [0.15, 0.2) is 5.82 Å². The van der Waals surface area contributed by atoms with E-state index in [1.54, 1.807) is 6.20 Å². The Morgan fingerprint density at radius 2 is 2.04 bits per heavy atom. The van der Waals surface area contributed by atoms with E-state index in [2.05, 4.69) is 46.1 Å². The van der Waals surface area contributed by atoms with Crippen molar-refractivity contribution >= 4 is 22.6 Å². The van der Waals surface area contributed by atoms with Crippen LogP contribution in [0.2, 0.25) is 0 Å². The van der Waals surface area contributed by atoms with E-state index in [1.165, 1.54) is 0 Å². The van der Waals surface area contributed by atoms with Gasteiger partial charge in [0.25, 0.3) is 6.04 Å². The van der Waals surface area contributed by atoms with Crippen LogP contribution in [0, 0.1) is 12.0 Å². The van der Waals surface area contributed by atoms with Crippen molar-refractivity contribution in [3.05, 3.63) is 46.9 Å². The quantitative estimate of drug-likeness (QED) is 0.695. The van der Waals surface area contributed by atoms with Gasteiger partial charge in [-0.3, -0.25) is 5.10 Å². The fourth-order valence-corrected chi connectivity index (χ4v) is 3.28. The molecule has 1 aliphatic rings. The third-order valence-electron chi connectivity index (χ3n) is 4.37.